The number of alkyl halides is 1. The second-order valence-electron chi connectivity index (χ2n) is 17.8. The van der Waals surface area contributed by atoms with Crippen LogP contribution in [0.2, 0.25) is 0 Å². The lowest BCUT2D eigenvalue weighted by molar-refractivity contribution is -0.148. The van der Waals surface area contributed by atoms with Crippen LogP contribution in [0.4, 0.5) is 23.7 Å². The van der Waals surface area contributed by atoms with Crippen LogP contribution in [0.5, 0.6) is 0 Å². The fourth-order valence-corrected chi connectivity index (χ4v) is 12.3. The van der Waals surface area contributed by atoms with E-state index in [4.69, 9.17) is 4.74 Å². The molecule has 5 fully saturated rings. The largest absolute Gasteiger partial charge is 0.453 e. The van der Waals surface area contributed by atoms with Crippen LogP contribution in [0.3, 0.4) is 0 Å². The molecule has 7 rings (SSSR count). The summed E-state index contributed by atoms with van der Waals surface area (Å²) in [5.74, 6) is -1.35. The van der Waals surface area contributed by atoms with Gasteiger partial charge >= 0.3 is 6.09 Å². The highest BCUT2D eigenvalue weighted by Gasteiger charge is 2.54. The van der Waals surface area contributed by atoms with Gasteiger partial charge in [0.2, 0.25) is 0 Å². The third-order valence-corrected chi connectivity index (χ3v) is 15.6. The quantitative estimate of drug-likeness (QED) is 0.308. The van der Waals surface area contributed by atoms with Crippen LogP contribution in [0.1, 0.15) is 70.8 Å². The Morgan fingerprint density at radius 1 is 0.930 bits per heavy atom. The van der Waals surface area contributed by atoms with Crippen molar-refractivity contribution >= 4 is 27.5 Å². The molecule has 4 aliphatic heterocycles. The van der Waals surface area contributed by atoms with Crippen molar-refractivity contribution < 1.29 is 41.0 Å². The summed E-state index contributed by atoms with van der Waals surface area (Å²) in [4.78, 5) is 32.5. The van der Waals surface area contributed by atoms with Crippen molar-refractivity contribution in [3.8, 4) is 0 Å². The molecule has 4 heterocycles. The van der Waals surface area contributed by atoms with Gasteiger partial charge in [-0.15, -0.1) is 0 Å². The number of piperidine rings is 2. The van der Waals surface area contributed by atoms with Crippen molar-refractivity contribution in [2.45, 2.75) is 98.1 Å². The second kappa shape index (κ2) is 16.3. The summed E-state index contributed by atoms with van der Waals surface area (Å²) in [5, 5.41) is 12.3. The fourth-order valence-electron chi connectivity index (χ4n) is 10.5. The van der Waals surface area contributed by atoms with Crippen LogP contribution in [0.25, 0.3) is 0 Å². The Bertz CT molecular complexity index is 1900. The van der Waals surface area contributed by atoms with Crippen LogP contribution < -0.4 is 10.2 Å². The normalized spacial score (nSPS) is 26.0. The maximum atomic E-state index is 16.3. The molecule has 4 atom stereocenters. The molecule has 2 aromatic carbocycles. The van der Waals surface area contributed by atoms with E-state index in [1.165, 1.54) is 44.1 Å². The van der Waals surface area contributed by atoms with Crippen molar-refractivity contribution in [3.05, 3.63) is 59.7 Å². The summed E-state index contributed by atoms with van der Waals surface area (Å²) in [7, 11) is -2.62. The minimum atomic E-state index is -3.99. The van der Waals surface area contributed by atoms with Gasteiger partial charge in [0.05, 0.1) is 36.0 Å². The van der Waals surface area contributed by atoms with Gasteiger partial charge in [0.15, 0.2) is 15.5 Å². The van der Waals surface area contributed by atoms with E-state index in [0.717, 1.165) is 69.8 Å². The Morgan fingerprint density at radius 3 is 2.30 bits per heavy atom. The summed E-state index contributed by atoms with van der Waals surface area (Å²) < 4.78 is 79.0. The van der Waals surface area contributed by atoms with Gasteiger partial charge in [-0.2, -0.15) is 0 Å². The van der Waals surface area contributed by atoms with Crippen LogP contribution >= 0.6 is 0 Å². The number of likely N-dealkylation sites (tertiary alicyclic amines) is 3. The van der Waals surface area contributed by atoms with E-state index >= 15 is 13.2 Å². The molecule has 0 radical (unpaired) electrons. The average molecular weight is 818 g/mol. The van der Waals surface area contributed by atoms with Crippen molar-refractivity contribution in [2.75, 3.05) is 77.5 Å². The minimum absolute atomic E-state index is 0.0300. The molecule has 0 spiro atoms. The number of nitrogens with zero attached hydrogens (tertiary/aromatic N) is 4. The van der Waals surface area contributed by atoms with Gasteiger partial charge in [0.1, 0.15) is 17.2 Å². The number of alkyl carbamates (subject to hydrolysis) is 1. The Hall–Kier alpha value is -3.40. The summed E-state index contributed by atoms with van der Waals surface area (Å²) in [6, 6.07) is 10.6. The third kappa shape index (κ3) is 8.54. The van der Waals surface area contributed by atoms with Crippen molar-refractivity contribution in [1.82, 2.24) is 20.0 Å². The zero-order valence-corrected chi connectivity index (χ0v) is 34.2. The van der Waals surface area contributed by atoms with Gasteiger partial charge in [-0.25, -0.2) is 26.4 Å². The van der Waals surface area contributed by atoms with E-state index in [1.807, 2.05) is 6.07 Å². The summed E-state index contributed by atoms with van der Waals surface area (Å²) in [6.45, 7) is 7.12. The maximum absolute atomic E-state index is 16.3. The predicted octanol–water partition coefficient (Wildman–Crippen LogP) is 4.91. The fraction of sp³-hybridized carbons (Fsp3) is 0.667. The Morgan fingerprint density at radius 2 is 1.67 bits per heavy atom. The molecule has 11 nitrogen and oxygen atoms in total. The average Bonchev–Trinajstić information content (AvgIpc) is 3.61. The number of hydrogen-bond acceptors (Lipinski definition) is 9. The number of methoxy groups -OCH3 is 1. The Balaban J connectivity index is 1.01. The number of benzene rings is 2. The molecule has 57 heavy (non-hydrogen) atoms. The zero-order valence-electron chi connectivity index (χ0n) is 33.4. The molecule has 0 bridgehead atoms. The maximum Gasteiger partial charge on any atom is 0.407 e. The predicted molar refractivity (Wildman–Crippen MR) is 211 cm³/mol. The molecule has 2 unspecified atom stereocenters. The number of hydrogen-bond donors (Lipinski definition) is 2. The van der Waals surface area contributed by atoms with Gasteiger partial charge in [-0.1, -0.05) is 18.6 Å². The topological polar surface area (TPSA) is 123 Å². The summed E-state index contributed by atoms with van der Waals surface area (Å²) >= 11 is 0. The van der Waals surface area contributed by atoms with Crippen molar-refractivity contribution in [2.24, 2.45) is 11.8 Å². The van der Waals surface area contributed by atoms with Crippen molar-refractivity contribution in [1.29, 1.82) is 0 Å². The van der Waals surface area contributed by atoms with Gasteiger partial charge in [-0.3, -0.25) is 9.69 Å². The van der Waals surface area contributed by atoms with Crippen LogP contribution in [0, 0.1) is 23.5 Å². The lowest BCUT2D eigenvalue weighted by Crippen LogP contribution is -2.65. The minimum Gasteiger partial charge on any atom is -0.453 e. The number of rotatable bonds is 12. The second-order valence-corrected chi connectivity index (χ2v) is 20.0. The first-order valence-corrected chi connectivity index (χ1v) is 22.1. The van der Waals surface area contributed by atoms with E-state index < -0.39 is 49.6 Å². The monoisotopic (exact) mass is 817 g/mol. The highest BCUT2D eigenvalue weighted by Crippen LogP contribution is 2.52. The molecule has 1 aliphatic carbocycles. The third-order valence-electron chi connectivity index (χ3n) is 13.4. The first kappa shape index (κ1) is 41.7. The number of ether oxygens (including phenoxy) is 1. The summed E-state index contributed by atoms with van der Waals surface area (Å²) in [5.41, 5.74) is -2.55. The van der Waals surface area contributed by atoms with E-state index in [9.17, 15) is 23.1 Å². The molecule has 5 aliphatic rings. The molecular weight excluding hydrogens is 760 g/mol. The SMILES string of the molecule is COC(=O)N[C@H]1CCC[C@@H]1C(CN1CCC1)(c1cccc(F)c1)C1CCN(CC2(F)CN(c3ccc(S(=O)(=O)C4CCCN(C(=O)C(C)(C)O)C4)cc3F)C2)CC1. The van der Waals surface area contributed by atoms with Gasteiger partial charge in [0, 0.05) is 37.6 Å². The number of nitrogens with one attached hydrogen (secondary N) is 1. The van der Waals surface area contributed by atoms with Crippen LogP contribution in [-0.2, 0) is 24.8 Å². The van der Waals surface area contributed by atoms with E-state index in [0.29, 0.717) is 32.5 Å². The zero-order chi connectivity index (χ0) is 40.8. The Kier molecular flexibility index (Phi) is 12.0. The number of carbonyl (C=O) groups excluding carboxylic acids is 2. The number of carbonyl (C=O) groups is 2. The molecular formula is C42H58F3N5O6S. The molecule has 1 saturated carbocycles. The first-order valence-electron chi connectivity index (χ1n) is 20.6. The van der Waals surface area contributed by atoms with E-state index in [-0.39, 0.29) is 60.5 Å². The van der Waals surface area contributed by atoms with E-state index in [1.54, 1.807) is 17.0 Å². The van der Waals surface area contributed by atoms with Crippen LogP contribution in [0.15, 0.2) is 47.4 Å². The van der Waals surface area contributed by atoms with Gasteiger partial charge < -0.3 is 29.9 Å². The van der Waals surface area contributed by atoms with Gasteiger partial charge in [0.25, 0.3) is 5.91 Å². The lowest BCUT2D eigenvalue weighted by Gasteiger charge is -2.54. The number of amides is 2. The number of aliphatic hydroxyl groups is 1. The molecule has 15 heteroatoms. The number of anilines is 1. The number of halogens is 3. The molecule has 4 saturated heterocycles. The lowest BCUT2D eigenvalue weighted by atomic mass is 9.57. The van der Waals surface area contributed by atoms with Crippen molar-refractivity contribution in [3.63, 3.8) is 0 Å². The van der Waals surface area contributed by atoms with E-state index in [2.05, 4.69) is 15.1 Å². The standard InChI is InChI=1S/C42H58F3N5O6S/c1-40(2,53)38(51)49-19-6-10-33(24-49)57(54,55)32-13-14-37(35(44)23-32)50-26-41(45,27-50)25-48-20-15-29(16-21-48)42(28-47-17-7-18-47,30-8-4-9-31(43)22-30)34-11-5-12-36(34)46-39(52)56-3/h4,8-9,13-14,22-23,29,33-34,36,53H,5-7,10-12,15-21,24-28H2,1-3H3,(H,46,52)/t33?,34-,36-,42?/m0/s1. The first-order chi connectivity index (χ1) is 27.0. The molecule has 2 amide bonds. The molecule has 314 valence electrons. The molecule has 2 aromatic rings. The highest BCUT2D eigenvalue weighted by molar-refractivity contribution is 7.92. The van der Waals surface area contributed by atoms with Crippen LogP contribution in [-0.4, -0.2) is 135 Å². The molecule has 2 N–H and O–H groups in total. The number of sulfone groups is 1. The Labute approximate surface area is 334 Å². The molecule has 0 aromatic heterocycles. The van der Waals surface area contributed by atoms with Gasteiger partial charge in [-0.05, 0) is 133 Å². The highest BCUT2D eigenvalue weighted by atomic mass is 32.2. The summed E-state index contributed by atoms with van der Waals surface area (Å²) in [6.07, 6.45) is 5.63. The smallest absolute Gasteiger partial charge is 0.407 e.